The van der Waals surface area contributed by atoms with Gasteiger partial charge in [-0.1, -0.05) is 240 Å². The normalized spacial score (nSPS) is 12.2. The molecule has 0 N–H and O–H groups in total. The quantitative estimate of drug-likeness (QED) is 0.121. The standard InChI is InChI=1S/C20H16NO.2C19H14NO.C19H14N.4C12H10N.4Ir/c1-13(2)14-9-10-21-18(11-14)15-7-8-17-16-5-3-4-6-19(16)22-20(17)12-15;1-12-9-17(20-11-13(12)2)14-7-8-16-15-5-3-4-6-18(15)21-19(16)10-14;1-2-13-9-10-20-17(11-13)14-7-8-16-15-5-3-4-6-18(15)21-19(16)12-14;1-13-8-9-20-19(10-13)15-6-7-18-16(12-15)11-14-4-2-3-5-17(14)18;4*1-10-7-8-12(13-9-10)11-5-3-2-4-6-11;;;;/h3-6,8-13H,1-2H3;3-6,8-11H,1-2H3;3-6,8-12H,2H2,1H3;2-5,7-10,12H,11H2,1H3;4*2-5,7-9H,1H3;;;;/q8*-1;;;;/i;;;;4*1D3;;;;. The van der Waals surface area contributed by atoms with Gasteiger partial charge in [0.05, 0.1) is 16.7 Å². The summed E-state index contributed by atoms with van der Waals surface area (Å²) in [6.07, 6.45) is 15.1. The summed E-state index contributed by atoms with van der Waals surface area (Å²) in [5.41, 5.74) is 32.2. The van der Waals surface area contributed by atoms with Gasteiger partial charge in [0.2, 0.25) is 0 Å². The van der Waals surface area contributed by atoms with Crippen LogP contribution in [0.25, 0.3) is 167 Å². The molecule has 0 unspecified atom stereocenters. The monoisotopic (exact) mass is 2540 g/mol. The van der Waals surface area contributed by atoms with Crippen LogP contribution in [0.1, 0.15) is 104 Å². The Morgan fingerprint density at radius 2 is 0.643 bits per heavy atom. The Hall–Kier alpha value is -14.2. The van der Waals surface area contributed by atoms with Gasteiger partial charge >= 0.3 is 0 Å². The molecular weight excluding hydrogens is 2430 g/mol. The van der Waals surface area contributed by atoms with E-state index < -0.39 is 27.4 Å². The third-order valence-corrected chi connectivity index (χ3v) is 22.7. The van der Waals surface area contributed by atoms with Gasteiger partial charge in [-0.05, 0) is 198 Å². The van der Waals surface area contributed by atoms with E-state index in [4.69, 9.17) is 29.7 Å². The fourth-order valence-corrected chi connectivity index (χ4v) is 15.3. The number of fused-ring (bicyclic) bond motifs is 12. The minimum absolute atomic E-state index is 0. The maximum Gasteiger partial charge on any atom is 0.123 e. The smallest absolute Gasteiger partial charge is 0.123 e. The second kappa shape index (κ2) is 49.9. The molecule has 0 fully saturated rings. The second-order valence-corrected chi connectivity index (χ2v) is 32.5. The Kier molecular flexibility index (Phi) is 31.1. The van der Waals surface area contributed by atoms with Gasteiger partial charge in [0.25, 0.3) is 0 Å². The number of aryl methyl sites for hydroxylation is 8. The van der Waals surface area contributed by atoms with Crippen molar-refractivity contribution in [1.82, 2.24) is 39.9 Å². The van der Waals surface area contributed by atoms with Crippen LogP contribution < -0.4 is 0 Å². The predicted octanol–water partition coefficient (Wildman–Crippen LogP) is 31.5. The van der Waals surface area contributed by atoms with Gasteiger partial charge in [0.1, 0.15) is 16.7 Å². The SMILES string of the molecule is CC(C)c1ccnc(-c2[c-]cc3c(c2)oc2ccccc23)c1.CCc1ccnc(-c2[c-]cc3c(c2)oc2ccccc23)c1.Cc1ccnc(-c2[c-]cc3c(c2)Cc2ccccc2-3)c1.Cc1cnc(-c2[c-]cc3c(c2)oc2ccccc23)cc1C.[2H]C([2H])([2H])c1ccc(-c2[c-]cccc2)nc1.[2H]C([2H])([2H])c1ccc(-c2[c-]cccc2)nc1.[2H]C([2H])([2H])c1ccc(-c2[c-]cccc2)nc1.[2H]C([2H])([2H])c1ccc(-c2[c-]cccc2)nc1.[Ir].[Ir].[Ir].[Ir]. The first kappa shape index (κ1) is 87.3. The van der Waals surface area contributed by atoms with Gasteiger partial charge in [-0.25, -0.2) is 0 Å². The summed E-state index contributed by atoms with van der Waals surface area (Å²) in [4.78, 5) is 34.4. The van der Waals surface area contributed by atoms with Crippen LogP contribution in [0, 0.1) is 96.7 Å². The van der Waals surface area contributed by atoms with E-state index >= 15 is 0 Å². The number of furan rings is 3. The number of aromatic nitrogens is 8. The average Bonchev–Trinajstić information content (AvgIpc) is 1.65. The largest absolute Gasteiger partial charge is 0.476 e. The Morgan fingerprint density at radius 1 is 0.279 bits per heavy atom. The van der Waals surface area contributed by atoms with Gasteiger partial charge in [-0.15, -0.1) is 226 Å². The number of nitrogens with zero attached hydrogens (tertiary/aromatic N) is 8. The molecule has 11 nitrogen and oxygen atoms in total. The molecular formula is C125H98Ir4N8O3-8. The fraction of sp³-hybridized carbons (Fsp3) is 0.104. The maximum atomic E-state index is 7.23. The summed E-state index contributed by atoms with van der Waals surface area (Å²) in [5, 5.41) is 6.68. The molecule has 700 valence electrons. The van der Waals surface area contributed by atoms with Gasteiger partial charge in [0.15, 0.2) is 0 Å². The summed E-state index contributed by atoms with van der Waals surface area (Å²) >= 11 is 0. The predicted molar refractivity (Wildman–Crippen MR) is 555 cm³/mol. The fourth-order valence-electron chi connectivity index (χ4n) is 15.3. The first-order chi connectivity index (χ1) is 71.4. The summed E-state index contributed by atoms with van der Waals surface area (Å²) in [6, 6.07) is 132. The summed E-state index contributed by atoms with van der Waals surface area (Å²) in [5.74, 6) is 0.483. The third-order valence-electron chi connectivity index (χ3n) is 22.7. The molecule has 0 aliphatic heterocycles. The summed E-state index contributed by atoms with van der Waals surface area (Å²) < 4.78 is 105. The van der Waals surface area contributed by atoms with Crippen LogP contribution in [0.5, 0.6) is 0 Å². The van der Waals surface area contributed by atoms with Crippen molar-refractivity contribution in [3.05, 3.63) is 493 Å². The van der Waals surface area contributed by atoms with Crippen LogP contribution in [0.15, 0.2) is 396 Å². The molecule has 23 aromatic rings. The van der Waals surface area contributed by atoms with Crippen molar-refractivity contribution in [2.75, 3.05) is 0 Å². The van der Waals surface area contributed by atoms with E-state index in [1.54, 1.807) is 72.8 Å². The van der Waals surface area contributed by atoms with Gasteiger partial charge in [-0.3, -0.25) is 0 Å². The van der Waals surface area contributed by atoms with Crippen molar-refractivity contribution >= 4 is 65.8 Å². The Bertz CT molecular complexity index is 8110. The third kappa shape index (κ3) is 26.2. The van der Waals surface area contributed by atoms with Gasteiger partial charge < -0.3 is 53.1 Å². The molecule has 140 heavy (non-hydrogen) atoms. The van der Waals surface area contributed by atoms with E-state index in [1.165, 1.54) is 74.9 Å². The Labute approximate surface area is 890 Å². The van der Waals surface area contributed by atoms with E-state index in [0.717, 1.165) is 169 Å². The first-order valence-corrected chi connectivity index (χ1v) is 44.5. The molecule has 24 rings (SSSR count). The second-order valence-electron chi connectivity index (χ2n) is 32.5. The van der Waals surface area contributed by atoms with E-state index in [1.807, 2.05) is 201 Å². The zero-order valence-corrected chi connectivity index (χ0v) is 86.6. The molecule has 11 heterocycles. The van der Waals surface area contributed by atoms with Gasteiger partial charge in [-0.2, -0.15) is 0 Å². The van der Waals surface area contributed by atoms with Crippen LogP contribution in [-0.2, 0) is 93.3 Å². The summed E-state index contributed by atoms with van der Waals surface area (Å²) in [7, 11) is 0. The van der Waals surface area contributed by atoms with Gasteiger partial charge in [0, 0.05) is 146 Å². The number of hydrogen-bond donors (Lipinski definition) is 0. The maximum absolute atomic E-state index is 7.23. The molecule has 0 saturated carbocycles. The van der Waals surface area contributed by atoms with Crippen LogP contribution in [0.3, 0.4) is 0 Å². The van der Waals surface area contributed by atoms with Crippen molar-refractivity contribution in [2.45, 2.75) is 87.7 Å². The molecule has 4 radical (unpaired) electrons. The number of pyridine rings is 8. The minimum Gasteiger partial charge on any atom is -0.476 e. The molecule has 0 saturated heterocycles. The van der Waals surface area contributed by atoms with Crippen LogP contribution in [0.2, 0.25) is 0 Å². The molecule has 1 aliphatic carbocycles. The minimum atomic E-state index is -2.09. The van der Waals surface area contributed by atoms with Crippen molar-refractivity contribution < 1.29 is 110 Å². The average molecular weight is 2540 g/mol. The molecule has 11 aromatic heterocycles. The molecule has 0 spiro atoms. The first-order valence-electron chi connectivity index (χ1n) is 50.5. The van der Waals surface area contributed by atoms with E-state index in [2.05, 4.69) is 215 Å². The van der Waals surface area contributed by atoms with Crippen LogP contribution in [-0.4, -0.2) is 39.9 Å². The molecule has 15 heteroatoms. The van der Waals surface area contributed by atoms with Crippen molar-refractivity contribution in [3.8, 4) is 101 Å². The number of benzene rings is 12. The van der Waals surface area contributed by atoms with Crippen LogP contribution >= 0.6 is 0 Å². The van der Waals surface area contributed by atoms with E-state index in [9.17, 15) is 0 Å². The number of rotatable bonds is 10. The van der Waals surface area contributed by atoms with Crippen LogP contribution in [0.4, 0.5) is 0 Å². The van der Waals surface area contributed by atoms with Crippen molar-refractivity contribution in [1.29, 1.82) is 0 Å². The number of para-hydroxylation sites is 3. The zero-order chi connectivity index (χ0) is 104. The van der Waals surface area contributed by atoms with Crippen molar-refractivity contribution in [2.24, 2.45) is 0 Å². The van der Waals surface area contributed by atoms with E-state index in [-0.39, 0.29) is 103 Å². The molecule has 1 aliphatic rings. The topological polar surface area (TPSA) is 143 Å². The molecule has 0 bridgehead atoms. The number of hydrogen-bond acceptors (Lipinski definition) is 11. The van der Waals surface area contributed by atoms with Crippen molar-refractivity contribution in [3.63, 3.8) is 0 Å². The summed E-state index contributed by atoms with van der Waals surface area (Å²) in [6.45, 7) is 4.41. The Morgan fingerprint density at radius 3 is 1.03 bits per heavy atom. The Balaban J connectivity index is 0.000000144. The zero-order valence-electron chi connectivity index (χ0n) is 89.0. The molecule has 0 amide bonds. The van der Waals surface area contributed by atoms with E-state index in [0.29, 0.717) is 5.92 Å². The molecule has 0 atom stereocenters. The molecule has 12 aromatic carbocycles.